The highest BCUT2D eigenvalue weighted by Crippen LogP contribution is 2.62. The van der Waals surface area contributed by atoms with Crippen LogP contribution in [0.25, 0.3) is 11.0 Å². The smallest absolute Gasteiger partial charge is 0.306 e. The van der Waals surface area contributed by atoms with E-state index in [1.165, 1.54) is 13.4 Å². The lowest BCUT2D eigenvalue weighted by Crippen LogP contribution is -2.84. The molecule has 1 aromatic heterocycles. The molecule has 4 aliphatic rings. The van der Waals surface area contributed by atoms with Crippen LogP contribution in [0, 0.1) is 23.7 Å². The Labute approximate surface area is 230 Å². The summed E-state index contributed by atoms with van der Waals surface area (Å²) >= 11 is 0. The first kappa shape index (κ1) is 27.5. The van der Waals surface area contributed by atoms with E-state index in [0.29, 0.717) is 29.4 Å². The van der Waals surface area contributed by atoms with Crippen LogP contribution in [0.1, 0.15) is 31.7 Å². The second-order valence-electron chi connectivity index (χ2n) is 11.3. The van der Waals surface area contributed by atoms with Gasteiger partial charge in [-0.05, 0) is 49.8 Å². The zero-order valence-electron chi connectivity index (χ0n) is 22.4. The van der Waals surface area contributed by atoms with Gasteiger partial charge in [0.15, 0.2) is 16.9 Å². The molecule has 218 valence electrons. The summed E-state index contributed by atoms with van der Waals surface area (Å²) in [6, 6.07) is 3.52. The van der Waals surface area contributed by atoms with Gasteiger partial charge >= 0.3 is 5.97 Å². The van der Waals surface area contributed by atoms with E-state index < -0.39 is 66.1 Å². The third-order valence-electron chi connectivity index (χ3n) is 9.47. The number of hydrogen-bond donors (Lipinski definition) is 5. The molecule has 0 amide bonds. The quantitative estimate of drug-likeness (QED) is 0.231. The molecule has 5 N–H and O–H groups in total. The van der Waals surface area contributed by atoms with E-state index in [1.54, 1.807) is 31.2 Å². The van der Waals surface area contributed by atoms with Crippen molar-refractivity contribution >= 4 is 16.9 Å². The second-order valence-corrected chi connectivity index (χ2v) is 11.3. The zero-order chi connectivity index (χ0) is 28.4. The summed E-state index contributed by atoms with van der Waals surface area (Å²) in [7, 11) is 1.43. The second kappa shape index (κ2) is 10.0. The van der Waals surface area contributed by atoms with E-state index in [9.17, 15) is 30.3 Å². The Morgan fingerprint density at radius 1 is 1.15 bits per heavy atom. The summed E-state index contributed by atoms with van der Waals surface area (Å²) in [6.45, 7) is 1.32. The fourth-order valence-electron chi connectivity index (χ4n) is 7.74. The van der Waals surface area contributed by atoms with Gasteiger partial charge in [0, 0.05) is 29.6 Å². The Hall–Kier alpha value is -2.67. The molecule has 2 aromatic rings. The van der Waals surface area contributed by atoms with E-state index in [1.807, 2.05) is 0 Å². The van der Waals surface area contributed by atoms with Crippen LogP contribution in [0.5, 0.6) is 11.5 Å². The van der Waals surface area contributed by atoms with Crippen molar-refractivity contribution in [1.82, 2.24) is 0 Å². The monoisotopic (exact) mass is 560 g/mol. The van der Waals surface area contributed by atoms with E-state index in [0.717, 1.165) is 0 Å². The van der Waals surface area contributed by atoms with E-state index in [2.05, 4.69) is 0 Å². The highest BCUT2D eigenvalue weighted by Gasteiger charge is 2.76. The number of ether oxygens (including phenoxy) is 4. The first-order chi connectivity index (χ1) is 19.2. The van der Waals surface area contributed by atoms with Crippen molar-refractivity contribution in [3.05, 3.63) is 36.1 Å². The molecule has 2 saturated carbocycles. The van der Waals surface area contributed by atoms with Crippen molar-refractivity contribution in [2.24, 2.45) is 23.7 Å². The molecular weight excluding hydrogens is 524 g/mol. The Kier molecular flexibility index (Phi) is 6.88. The van der Waals surface area contributed by atoms with Gasteiger partial charge in [-0.2, -0.15) is 0 Å². The lowest BCUT2D eigenvalue weighted by Gasteiger charge is -2.68. The molecule has 3 fully saturated rings. The third kappa shape index (κ3) is 3.75. The van der Waals surface area contributed by atoms with Crippen molar-refractivity contribution in [3.8, 4) is 11.5 Å². The largest absolute Gasteiger partial charge is 0.490 e. The minimum atomic E-state index is -2.17. The Morgan fingerprint density at radius 2 is 1.95 bits per heavy atom. The number of esters is 1. The Balaban J connectivity index is 1.46. The molecule has 3 aliphatic carbocycles. The summed E-state index contributed by atoms with van der Waals surface area (Å²) in [6.07, 6.45) is 0.888. The highest BCUT2D eigenvalue weighted by molar-refractivity contribution is 5.87. The van der Waals surface area contributed by atoms with Crippen LogP contribution in [0.2, 0.25) is 0 Å². The van der Waals surface area contributed by atoms with Crippen LogP contribution in [-0.2, 0) is 20.7 Å². The topological polar surface area (TPSA) is 168 Å². The number of aliphatic hydroxyl groups excluding tert-OH is 3. The molecular formula is C29H36O11. The van der Waals surface area contributed by atoms with Crippen LogP contribution in [0.4, 0.5) is 0 Å². The van der Waals surface area contributed by atoms with Gasteiger partial charge in [0.05, 0.1) is 32.7 Å². The predicted molar refractivity (Wildman–Crippen MR) is 138 cm³/mol. The first-order valence-electron chi connectivity index (χ1n) is 13.8. The van der Waals surface area contributed by atoms with Crippen LogP contribution >= 0.6 is 0 Å². The van der Waals surface area contributed by atoms with Gasteiger partial charge in [-0.1, -0.05) is 12.2 Å². The number of rotatable bonds is 8. The number of aryl methyl sites for hydroxylation is 1. The molecule has 6 bridgehead atoms. The van der Waals surface area contributed by atoms with Crippen LogP contribution in [-0.4, -0.2) is 87.6 Å². The average molecular weight is 561 g/mol. The molecule has 0 spiro atoms. The maximum atomic E-state index is 12.4. The molecule has 1 aliphatic heterocycles. The molecule has 6 rings (SSSR count). The lowest BCUT2D eigenvalue weighted by molar-refractivity contribution is -0.406. The molecule has 11 nitrogen and oxygen atoms in total. The molecule has 10 unspecified atom stereocenters. The number of methoxy groups -OCH3 is 1. The molecule has 0 radical (unpaired) electrons. The SMILES string of the molecule is CCOC(=O)CCc1cc2ccoc2c(OC)c1OC1OC(CO)C2(O)C3C=CC4C(O)CCC3C4C1(O)C2O. The van der Waals surface area contributed by atoms with Crippen molar-refractivity contribution < 1.29 is 53.7 Å². The van der Waals surface area contributed by atoms with E-state index >= 15 is 0 Å². The molecule has 1 aromatic carbocycles. The number of fused-ring (bicyclic) bond motifs is 4. The number of benzene rings is 1. The van der Waals surface area contributed by atoms with Crippen LogP contribution in [0.3, 0.4) is 0 Å². The number of hydrogen-bond acceptors (Lipinski definition) is 11. The number of carbonyl (C=O) groups excluding carboxylic acids is 1. The fourth-order valence-corrected chi connectivity index (χ4v) is 7.74. The van der Waals surface area contributed by atoms with Gasteiger partial charge in [0.2, 0.25) is 12.0 Å². The van der Waals surface area contributed by atoms with E-state index in [-0.39, 0.29) is 36.9 Å². The van der Waals surface area contributed by atoms with Crippen molar-refractivity contribution in [2.45, 2.75) is 68.4 Å². The van der Waals surface area contributed by atoms with Crippen LogP contribution in [0.15, 0.2) is 35.0 Å². The minimum Gasteiger partial charge on any atom is -0.490 e. The maximum Gasteiger partial charge on any atom is 0.306 e. The van der Waals surface area contributed by atoms with Gasteiger partial charge in [-0.25, -0.2) is 0 Å². The molecule has 40 heavy (non-hydrogen) atoms. The van der Waals surface area contributed by atoms with Gasteiger partial charge in [0.25, 0.3) is 0 Å². The van der Waals surface area contributed by atoms with Crippen molar-refractivity contribution in [1.29, 1.82) is 0 Å². The lowest BCUT2D eigenvalue weighted by atomic mass is 9.45. The fraction of sp³-hybridized carbons (Fsp3) is 0.621. The summed E-state index contributed by atoms with van der Waals surface area (Å²) < 4.78 is 28.9. The molecule has 2 heterocycles. The summed E-state index contributed by atoms with van der Waals surface area (Å²) in [5.74, 6) is -2.17. The van der Waals surface area contributed by atoms with E-state index in [4.69, 9.17) is 23.4 Å². The number of furan rings is 1. The predicted octanol–water partition coefficient (Wildman–Crippen LogP) is 1.06. The summed E-state index contributed by atoms with van der Waals surface area (Å²) in [4.78, 5) is 12.2. The minimum absolute atomic E-state index is 0.0413. The molecule has 10 atom stereocenters. The standard InChI is InChI=1S/C29H36O11/c1-3-37-21(32)9-4-14-12-15-10-11-38-23(15)25(36-2)24(14)40-27-29(35)22-16-6-8-19(31)17(22)5-7-18(16)28(34,26(29)33)20(13-30)39-27/h5,7,10-12,16-20,22,26-27,30-31,33-35H,3-4,6,8-9,13H2,1-2H3. The number of carbonyl (C=O) groups is 1. The maximum absolute atomic E-state index is 12.4. The van der Waals surface area contributed by atoms with Gasteiger partial charge < -0.3 is 48.9 Å². The normalized spacial score (nSPS) is 39.7. The van der Waals surface area contributed by atoms with Gasteiger partial charge in [-0.15, -0.1) is 0 Å². The van der Waals surface area contributed by atoms with Crippen molar-refractivity contribution in [2.75, 3.05) is 20.3 Å². The van der Waals surface area contributed by atoms with Crippen molar-refractivity contribution in [3.63, 3.8) is 0 Å². The number of aliphatic hydroxyl groups is 5. The average Bonchev–Trinajstić information content (AvgIpc) is 3.41. The summed E-state index contributed by atoms with van der Waals surface area (Å²) in [5.41, 5.74) is -3.25. The summed E-state index contributed by atoms with van der Waals surface area (Å²) in [5, 5.41) is 57.8. The Bertz CT molecular complexity index is 1300. The third-order valence-corrected chi connectivity index (χ3v) is 9.47. The van der Waals surface area contributed by atoms with Crippen LogP contribution < -0.4 is 9.47 Å². The first-order valence-corrected chi connectivity index (χ1v) is 13.8. The zero-order valence-corrected chi connectivity index (χ0v) is 22.4. The highest BCUT2D eigenvalue weighted by atomic mass is 16.7. The molecule has 1 saturated heterocycles. The van der Waals surface area contributed by atoms with Gasteiger partial charge in [0.1, 0.15) is 17.8 Å². The molecule has 11 heteroatoms. The van der Waals surface area contributed by atoms with Gasteiger partial charge in [-0.3, -0.25) is 4.79 Å². The Morgan fingerprint density at radius 3 is 2.67 bits per heavy atom.